The van der Waals surface area contributed by atoms with Gasteiger partial charge in [0.2, 0.25) is 0 Å². The van der Waals surface area contributed by atoms with Gasteiger partial charge in [0.15, 0.2) is 0 Å². The summed E-state index contributed by atoms with van der Waals surface area (Å²) in [5.74, 6) is -0.415. The van der Waals surface area contributed by atoms with Crippen LogP contribution in [-0.2, 0) is 4.79 Å². The van der Waals surface area contributed by atoms with E-state index in [1.54, 1.807) is 6.92 Å². The molecule has 0 fully saturated rings. The Balaban J connectivity index is 1.89. The van der Waals surface area contributed by atoms with Crippen molar-refractivity contribution in [3.8, 4) is 0 Å². The first kappa shape index (κ1) is 18.6. The number of nitrogens with one attached hydrogen (secondary N) is 3. The zero-order valence-electron chi connectivity index (χ0n) is 14.2. The molecule has 0 aliphatic carbocycles. The summed E-state index contributed by atoms with van der Waals surface area (Å²) in [7, 11) is 0. The Bertz CT molecular complexity index is 939. The first-order chi connectivity index (χ1) is 12.8. The summed E-state index contributed by atoms with van der Waals surface area (Å²) in [6.45, 7) is 1.65. The predicted molar refractivity (Wildman–Crippen MR) is 103 cm³/mol. The van der Waals surface area contributed by atoms with Crippen LogP contribution in [0.1, 0.15) is 18.5 Å². The second-order valence-electron chi connectivity index (χ2n) is 5.88. The molecule has 0 radical (unpaired) electrons. The third kappa shape index (κ3) is 4.14. The van der Waals surface area contributed by atoms with E-state index in [0.29, 0.717) is 17.0 Å². The van der Waals surface area contributed by atoms with Gasteiger partial charge in [0, 0.05) is 28.0 Å². The van der Waals surface area contributed by atoms with Crippen molar-refractivity contribution in [3.05, 3.63) is 80.0 Å². The van der Waals surface area contributed by atoms with Crippen LogP contribution in [0.25, 0.3) is 0 Å². The Morgan fingerprint density at radius 1 is 1.15 bits per heavy atom. The van der Waals surface area contributed by atoms with Crippen LogP contribution >= 0.6 is 15.9 Å². The van der Waals surface area contributed by atoms with Gasteiger partial charge in [0.25, 0.3) is 11.6 Å². The fourth-order valence-corrected chi connectivity index (χ4v) is 3.03. The molecule has 0 saturated heterocycles. The van der Waals surface area contributed by atoms with E-state index in [9.17, 15) is 19.7 Å². The second-order valence-corrected chi connectivity index (χ2v) is 6.80. The minimum atomic E-state index is -0.620. The van der Waals surface area contributed by atoms with Crippen molar-refractivity contribution in [2.45, 2.75) is 13.0 Å². The molecular formula is C18H15BrN4O4. The number of nitro groups is 1. The molecule has 1 atom stereocenters. The maximum atomic E-state index is 12.9. The molecule has 1 unspecified atom stereocenters. The van der Waals surface area contributed by atoms with Crippen molar-refractivity contribution in [2.24, 2.45) is 0 Å². The Kier molecular flexibility index (Phi) is 5.22. The van der Waals surface area contributed by atoms with Crippen molar-refractivity contribution in [1.82, 2.24) is 10.6 Å². The van der Waals surface area contributed by atoms with E-state index in [-0.39, 0.29) is 5.69 Å². The Morgan fingerprint density at radius 2 is 1.78 bits per heavy atom. The summed E-state index contributed by atoms with van der Waals surface area (Å²) >= 11 is 3.36. The average molecular weight is 431 g/mol. The van der Waals surface area contributed by atoms with Crippen LogP contribution in [0.4, 0.5) is 16.2 Å². The Hall–Kier alpha value is -3.20. The van der Waals surface area contributed by atoms with Gasteiger partial charge in [-0.3, -0.25) is 14.9 Å². The Labute approximate surface area is 162 Å². The molecule has 3 rings (SSSR count). The summed E-state index contributed by atoms with van der Waals surface area (Å²) in [5.41, 5.74) is 1.89. The molecule has 1 heterocycles. The molecule has 0 saturated carbocycles. The molecule has 2 aromatic carbocycles. The quantitative estimate of drug-likeness (QED) is 0.507. The number of amides is 3. The number of nitro benzene ring substituents is 1. The minimum absolute atomic E-state index is 0.0669. The number of urea groups is 1. The predicted octanol–water partition coefficient (Wildman–Crippen LogP) is 3.62. The lowest BCUT2D eigenvalue weighted by molar-refractivity contribution is -0.384. The third-order valence-electron chi connectivity index (χ3n) is 4.05. The highest BCUT2D eigenvalue weighted by atomic mass is 79.9. The fraction of sp³-hybridized carbons (Fsp3) is 0.111. The summed E-state index contributed by atoms with van der Waals surface area (Å²) in [5, 5.41) is 18.8. The van der Waals surface area contributed by atoms with Gasteiger partial charge >= 0.3 is 6.03 Å². The average Bonchev–Trinajstić information content (AvgIpc) is 2.62. The molecule has 27 heavy (non-hydrogen) atoms. The van der Waals surface area contributed by atoms with E-state index in [0.717, 1.165) is 10.0 Å². The lowest BCUT2D eigenvalue weighted by Gasteiger charge is -2.28. The zero-order chi connectivity index (χ0) is 19.6. The van der Waals surface area contributed by atoms with Crippen LogP contribution in [0.15, 0.2) is 64.3 Å². The fourth-order valence-electron chi connectivity index (χ4n) is 2.77. The number of benzene rings is 2. The maximum absolute atomic E-state index is 12.9. The minimum Gasteiger partial charge on any atom is -0.327 e. The van der Waals surface area contributed by atoms with Gasteiger partial charge < -0.3 is 16.0 Å². The highest BCUT2D eigenvalue weighted by Gasteiger charge is 2.31. The lowest BCUT2D eigenvalue weighted by Crippen LogP contribution is -2.45. The number of carbonyl (C=O) groups is 2. The standard InChI is InChI=1S/C18H15BrN4O4/c1-10-15(17(24)21-13-6-8-14(9-7-13)23(26)27)16(22-18(25)20-10)11-2-4-12(19)5-3-11/h2-9,16H,1H3,(H,21,24)(H2,20,22,25). The van der Waals surface area contributed by atoms with Gasteiger partial charge in [0.1, 0.15) is 0 Å². The summed E-state index contributed by atoms with van der Waals surface area (Å²) < 4.78 is 0.879. The Morgan fingerprint density at radius 3 is 2.37 bits per heavy atom. The van der Waals surface area contributed by atoms with Gasteiger partial charge in [0.05, 0.1) is 16.5 Å². The van der Waals surface area contributed by atoms with E-state index in [1.807, 2.05) is 24.3 Å². The van der Waals surface area contributed by atoms with Crippen LogP contribution in [0.2, 0.25) is 0 Å². The number of anilines is 1. The molecule has 8 nitrogen and oxygen atoms in total. The van der Waals surface area contributed by atoms with Crippen LogP contribution in [0.3, 0.4) is 0 Å². The molecule has 1 aliphatic heterocycles. The first-order valence-electron chi connectivity index (χ1n) is 7.94. The number of allylic oxidation sites excluding steroid dienone is 1. The number of hydrogen-bond acceptors (Lipinski definition) is 4. The van der Waals surface area contributed by atoms with Crippen LogP contribution in [0.5, 0.6) is 0 Å². The van der Waals surface area contributed by atoms with Crippen molar-refractivity contribution in [2.75, 3.05) is 5.32 Å². The first-order valence-corrected chi connectivity index (χ1v) is 8.74. The van der Waals surface area contributed by atoms with Gasteiger partial charge in [-0.1, -0.05) is 28.1 Å². The summed E-state index contributed by atoms with van der Waals surface area (Å²) in [6, 6.07) is 11.8. The molecule has 9 heteroatoms. The van der Waals surface area contributed by atoms with E-state index in [2.05, 4.69) is 31.9 Å². The van der Waals surface area contributed by atoms with E-state index in [4.69, 9.17) is 0 Å². The number of halogens is 1. The molecule has 0 spiro atoms. The van der Waals surface area contributed by atoms with E-state index < -0.39 is 22.9 Å². The third-order valence-corrected chi connectivity index (χ3v) is 4.58. The van der Waals surface area contributed by atoms with Crippen molar-refractivity contribution in [3.63, 3.8) is 0 Å². The number of rotatable bonds is 4. The molecular weight excluding hydrogens is 416 g/mol. The highest BCUT2D eigenvalue weighted by Crippen LogP contribution is 2.29. The zero-order valence-corrected chi connectivity index (χ0v) is 15.7. The normalized spacial score (nSPS) is 16.4. The molecule has 0 aromatic heterocycles. The lowest BCUT2D eigenvalue weighted by atomic mass is 9.95. The van der Waals surface area contributed by atoms with Gasteiger partial charge in [-0.25, -0.2) is 4.79 Å². The highest BCUT2D eigenvalue weighted by molar-refractivity contribution is 9.10. The van der Waals surface area contributed by atoms with Crippen LogP contribution < -0.4 is 16.0 Å². The summed E-state index contributed by atoms with van der Waals surface area (Å²) in [6.07, 6.45) is 0. The van der Waals surface area contributed by atoms with Crippen LogP contribution in [0, 0.1) is 10.1 Å². The number of carbonyl (C=O) groups excluding carboxylic acids is 2. The van der Waals surface area contributed by atoms with Gasteiger partial charge in [-0.2, -0.15) is 0 Å². The van der Waals surface area contributed by atoms with E-state index in [1.165, 1.54) is 24.3 Å². The monoisotopic (exact) mass is 430 g/mol. The SMILES string of the molecule is CC1=C(C(=O)Nc2ccc([N+](=O)[O-])cc2)C(c2ccc(Br)cc2)NC(=O)N1. The molecule has 0 bridgehead atoms. The van der Waals surface area contributed by atoms with Crippen molar-refractivity contribution in [1.29, 1.82) is 0 Å². The van der Waals surface area contributed by atoms with Gasteiger partial charge in [-0.15, -0.1) is 0 Å². The number of non-ortho nitro benzene ring substituents is 1. The molecule has 3 N–H and O–H groups in total. The second kappa shape index (κ2) is 7.58. The molecule has 138 valence electrons. The van der Waals surface area contributed by atoms with Crippen molar-refractivity contribution < 1.29 is 14.5 Å². The summed E-state index contributed by atoms with van der Waals surface area (Å²) in [4.78, 5) is 35.0. The van der Waals surface area contributed by atoms with Gasteiger partial charge in [-0.05, 0) is 36.8 Å². The van der Waals surface area contributed by atoms with Crippen LogP contribution in [-0.4, -0.2) is 16.9 Å². The van der Waals surface area contributed by atoms with E-state index >= 15 is 0 Å². The topological polar surface area (TPSA) is 113 Å². The molecule has 3 amide bonds. The maximum Gasteiger partial charge on any atom is 0.319 e. The molecule has 1 aliphatic rings. The smallest absolute Gasteiger partial charge is 0.319 e. The van der Waals surface area contributed by atoms with Crippen molar-refractivity contribution >= 4 is 39.2 Å². The largest absolute Gasteiger partial charge is 0.327 e. The number of hydrogen-bond donors (Lipinski definition) is 3. The molecule has 2 aromatic rings. The number of nitrogens with zero attached hydrogens (tertiary/aromatic N) is 1.